The second kappa shape index (κ2) is 4.16. The maximum absolute atomic E-state index is 11.7. The van der Waals surface area contributed by atoms with Crippen LogP contribution in [0.5, 0.6) is 0 Å². The van der Waals surface area contributed by atoms with Crippen LogP contribution in [0.25, 0.3) is 0 Å². The average Bonchev–Trinajstić information content (AvgIpc) is 2.57. The van der Waals surface area contributed by atoms with Crippen molar-refractivity contribution in [2.45, 2.75) is 37.1 Å². The third-order valence-electron chi connectivity index (χ3n) is 3.63. The highest BCUT2D eigenvalue weighted by molar-refractivity contribution is 7.90. The lowest BCUT2D eigenvalue weighted by molar-refractivity contribution is 0.518. The van der Waals surface area contributed by atoms with Gasteiger partial charge in [0.1, 0.15) is 0 Å². The average molecular weight is 268 g/mol. The lowest BCUT2D eigenvalue weighted by Gasteiger charge is -2.34. The zero-order chi connectivity index (χ0) is 13.6. The SMILES string of the molecule is CC1(C)CCCN1c1cccc(S(C)(=O)=O)c1N. The molecule has 0 radical (unpaired) electrons. The van der Waals surface area contributed by atoms with Crippen molar-refractivity contribution in [3.8, 4) is 0 Å². The summed E-state index contributed by atoms with van der Waals surface area (Å²) < 4.78 is 23.4. The van der Waals surface area contributed by atoms with Crippen LogP contribution in [0.2, 0.25) is 0 Å². The topological polar surface area (TPSA) is 63.4 Å². The molecule has 0 aliphatic carbocycles. The summed E-state index contributed by atoms with van der Waals surface area (Å²) in [4.78, 5) is 2.43. The molecule has 0 bridgehead atoms. The highest BCUT2D eigenvalue weighted by atomic mass is 32.2. The molecule has 0 atom stereocenters. The van der Waals surface area contributed by atoms with Gasteiger partial charge in [0, 0.05) is 18.3 Å². The molecule has 1 heterocycles. The van der Waals surface area contributed by atoms with Crippen LogP contribution in [-0.4, -0.2) is 26.8 Å². The number of nitrogens with two attached hydrogens (primary N) is 1. The molecule has 1 saturated heterocycles. The molecule has 2 N–H and O–H groups in total. The summed E-state index contributed by atoms with van der Waals surface area (Å²) in [6.07, 6.45) is 3.39. The predicted molar refractivity (Wildman–Crippen MR) is 74.6 cm³/mol. The number of nitrogens with zero attached hydrogens (tertiary/aromatic N) is 1. The molecular formula is C13H20N2O2S. The normalized spacial score (nSPS) is 19.2. The Morgan fingerprint density at radius 1 is 1.33 bits per heavy atom. The molecule has 1 fully saturated rings. The maximum atomic E-state index is 11.7. The van der Waals surface area contributed by atoms with Gasteiger partial charge in [-0.15, -0.1) is 0 Å². The Morgan fingerprint density at radius 3 is 2.50 bits per heavy atom. The van der Waals surface area contributed by atoms with E-state index in [-0.39, 0.29) is 10.4 Å². The Bertz CT molecular complexity index is 564. The molecule has 1 aliphatic heterocycles. The number of hydrogen-bond acceptors (Lipinski definition) is 4. The molecule has 5 heteroatoms. The molecule has 0 saturated carbocycles. The fraction of sp³-hybridized carbons (Fsp3) is 0.538. The second-order valence-corrected chi connectivity index (χ2v) is 7.51. The Kier molecular flexibility index (Phi) is 3.05. The van der Waals surface area contributed by atoms with Gasteiger partial charge in [0.05, 0.1) is 16.3 Å². The summed E-state index contributed by atoms with van der Waals surface area (Å²) in [6.45, 7) is 5.24. The van der Waals surface area contributed by atoms with Crippen molar-refractivity contribution >= 4 is 21.2 Å². The van der Waals surface area contributed by atoms with Gasteiger partial charge in [0.15, 0.2) is 9.84 Å². The summed E-state index contributed by atoms with van der Waals surface area (Å²) >= 11 is 0. The van der Waals surface area contributed by atoms with Gasteiger partial charge in [0.2, 0.25) is 0 Å². The molecule has 1 aromatic carbocycles. The van der Waals surface area contributed by atoms with Gasteiger partial charge in [-0.3, -0.25) is 0 Å². The van der Waals surface area contributed by atoms with Gasteiger partial charge in [-0.25, -0.2) is 8.42 Å². The number of hydrogen-bond donors (Lipinski definition) is 1. The molecule has 2 rings (SSSR count). The minimum absolute atomic E-state index is 0.0320. The van der Waals surface area contributed by atoms with Gasteiger partial charge in [-0.05, 0) is 38.8 Å². The summed E-state index contributed by atoms with van der Waals surface area (Å²) in [5.74, 6) is 0. The molecule has 0 spiro atoms. The molecule has 0 unspecified atom stereocenters. The van der Waals surface area contributed by atoms with E-state index in [1.165, 1.54) is 6.26 Å². The van der Waals surface area contributed by atoms with Gasteiger partial charge in [-0.2, -0.15) is 0 Å². The fourth-order valence-corrected chi connectivity index (χ4v) is 3.47. The molecule has 100 valence electrons. The van der Waals surface area contributed by atoms with Gasteiger partial charge >= 0.3 is 0 Å². The van der Waals surface area contributed by atoms with Crippen LogP contribution in [-0.2, 0) is 9.84 Å². The number of nitrogen functional groups attached to an aromatic ring is 1. The molecule has 4 nitrogen and oxygen atoms in total. The molecule has 0 aromatic heterocycles. The van der Waals surface area contributed by atoms with Crippen molar-refractivity contribution in [1.29, 1.82) is 0 Å². The molecule has 1 aliphatic rings. The summed E-state index contributed by atoms with van der Waals surface area (Å²) in [6, 6.07) is 5.23. The van der Waals surface area contributed by atoms with E-state index in [9.17, 15) is 8.42 Å². The van der Waals surface area contributed by atoms with Crippen LogP contribution < -0.4 is 10.6 Å². The third kappa shape index (κ3) is 2.19. The highest BCUT2D eigenvalue weighted by Crippen LogP contribution is 2.38. The van der Waals surface area contributed by atoms with Gasteiger partial charge < -0.3 is 10.6 Å². The Hall–Kier alpha value is -1.23. The first-order chi connectivity index (χ1) is 8.23. The van der Waals surface area contributed by atoms with Crippen molar-refractivity contribution in [3.63, 3.8) is 0 Å². The molecule has 18 heavy (non-hydrogen) atoms. The first kappa shape index (κ1) is 13.2. The summed E-state index contributed by atoms with van der Waals surface area (Å²) in [5, 5.41) is 0. The standard InChI is InChI=1S/C13H20N2O2S/c1-13(2)8-5-9-15(13)10-6-4-7-11(12(10)14)18(3,16)17/h4,6-7H,5,8-9,14H2,1-3H3. The zero-order valence-electron chi connectivity index (χ0n) is 11.1. The number of rotatable bonds is 2. The van der Waals surface area contributed by atoms with E-state index in [0.717, 1.165) is 25.1 Å². The lowest BCUT2D eigenvalue weighted by atomic mass is 10.0. The largest absolute Gasteiger partial charge is 0.396 e. The molecule has 1 aromatic rings. The number of benzene rings is 1. The van der Waals surface area contributed by atoms with Crippen LogP contribution in [0.3, 0.4) is 0 Å². The van der Waals surface area contributed by atoms with Crippen molar-refractivity contribution in [2.75, 3.05) is 23.4 Å². The smallest absolute Gasteiger partial charge is 0.177 e. The van der Waals surface area contributed by atoms with Crippen molar-refractivity contribution < 1.29 is 8.42 Å². The molecule has 0 amide bonds. The monoisotopic (exact) mass is 268 g/mol. The van der Waals surface area contributed by atoms with Crippen LogP contribution in [0.4, 0.5) is 11.4 Å². The van der Waals surface area contributed by atoms with Crippen LogP contribution >= 0.6 is 0 Å². The van der Waals surface area contributed by atoms with E-state index < -0.39 is 9.84 Å². The summed E-state index contributed by atoms with van der Waals surface area (Å²) in [7, 11) is -3.27. The first-order valence-electron chi connectivity index (χ1n) is 6.10. The van der Waals surface area contributed by atoms with E-state index in [4.69, 9.17) is 5.73 Å². The van der Waals surface area contributed by atoms with Crippen molar-refractivity contribution in [1.82, 2.24) is 0 Å². The number of para-hydroxylation sites is 1. The minimum atomic E-state index is -3.27. The lowest BCUT2D eigenvalue weighted by Crippen LogP contribution is -2.38. The van der Waals surface area contributed by atoms with Crippen LogP contribution in [0, 0.1) is 0 Å². The minimum Gasteiger partial charge on any atom is -0.396 e. The summed E-state index contributed by atoms with van der Waals surface area (Å²) in [5.41, 5.74) is 7.29. The van der Waals surface area contributed by atoms with E-state index >= 15 is 0 Å². The Labute approximate surface area is 109 Å². The highest BCUT2D eigenvalue weighted by Gasteiger charge is 2.33. The zero-order valence-corrected chi connectivity index (χ0v) is 11.9. The van der Waals surface area contributed by atoms with E-state index in [1.54, 1.807) is 12.1 Å². The Morgan fingerprint density at radius 2 is 2.00 bits per heavy atom. The Balaban J connectivity index is 2.54. The van der Waals surface area contributed by atoms with E-state index in [0.29, 0.717) is 5.69 Å². The van der Waals surface area contributed by atoms with Crippen LogP contribution in [0.15, 0.2) is 23.1 Å². The second-order valence-electron chi connectivity index (χ2n) is 5.53. The van der Waals surface area contributed by atoms with Crippen molar-refractivity contribution in [3.05, 3.63) is 18.2 Å². The first-order valence-corrected chi connectivity index (χ1v) is 7.99. The van der Waals surface area contributed by atoms with Gasteiger partial charge in [0.25, 0.3) is 0 Å². The quantitative estimate of drug-likeness (QED) is 0.834. The number of sulfone groups is 1. The van der Waals surface area contributed by atoms with E-state index in [1.807, 2.05) is 6.07 Å². The third-order valence-corrected chi connectivity index (χ3v) is 4.79. The molecular weight excluding hydrogens is 248 g/mol. The fourth-order valence-electron chi connectivity index (χ4n) is 2.65. The number of anilines is 2. The van der Waals surface area contributed by atoms with Crippen LogP contribution in [0.1, 0.15) is 26.7 Å². The van der Waals surface area contributed by atoms with Gasteiger partial charge in [-0.1, -0.05) is 6.07 Å². The van der Waals surface area contributed by atoms with E-state index in [2.05, 4.69) is 18.7 Å². The maximum Gasteiger partial charge on any atom is 0.177 e. The predicted octanol–water partition coefficient (Wildman–Crippen LogP) is 2.05. The van der Waals surface area contributed by atoms with Crippen molar-refractivity contribution in [2.24, 2.45) is 0 Å².